The molecule has 0 saturated heterocycles. The molecule has 0 saturated carbocycles. The second kappa shape index (κ2) is 7.37. The summed E-state index contributed by atoms with van der Waals surface area (Å²) in [5.74, 6) is 0.0537. The molecule has 0 aromatic heterocycles. The molecule has 100 valence electrons. The van der Waals surface area contributed by atoms with Crippen LogP contribution >= 0.6 is 11.6 Å². The third-order valence-electron chi connectivity index (χ3n) is 2.50. The van der Waals surface area contributed by atoms with Gasteiger partial charge in [-0.15, -0.1) is 11.6 Å². The third kappa shape index (κ3) is 6.01. The topological polar surface area (TPSA) is 29.1 Å². The third-order valence-corrected chi connectivity index (χ3v) is 2.83. The lowest BCUT2D eigenvalue weighted by Crippen LogP contribution is -2.31. The van der Waals surface area contributed by atoms with Crippen LogP contribution in [0.1, 0.15) is 25.8 Å². The molecule has 0 heterocycles. The van der Waals surface area contributed by atoms with Gasteiger partial charge in [-0.1, -0.05) is 26.0 Å². The lowest BCUT2D eigenvalue weighted by atomic mass is 10.1. The lowest BCUT2D eigenvalue weighted by molar-refractivity contribution is -0.120. The molecule has 0 fully saturated rings. The quantitative estimate of drug-likeness (QED) is 0.792. The van der Waals surface area contributed by atoms with Crippen molar-refractivity contribution >= 4 is 17.5 Å². The van der Waals surface area contributed by atoms with Crippen molar-refractivity contribution in [2.45, 2.75) is 32.1 Å². The van der Waals surface area contributed by atoms with Crippen molar-refractivity contribution < 1.29 is 9.18 Å². The van der Waals surface area contributed by atoms with E-state index in [9.17, 15) is 9.18 Å². The highest BCUT2D eigenvalue weighted by molar-refractivity contribution is 6.20. The maximum atomic E-state index is 12.9. The van der Waals surface area contributed by atoms with Gasteiger partial charge in [0.05, 0.1) is 11.8 Å². The number of amides is 1. The Labute approximate surface area is 113 Å². The average Bonchev–Trinajstić information content (AvgIpc) is 2.25. The summed E-state index contributed by atoms with van der Waals surface area (Å²) in [6.07, 6.45) is 1.05. The van der Waals surface area contributed by atoms with E-state index in [1.807, 2.05) is 0 Å². The molecule has 1 rings (SSSR count). The summed E-state index contributed by atoms with van der Waals surface area (Å²) in [5, 5.41) is 2.71. The minimum absolute atomic E-state index is 0.0542. The molecule has 1 amide bonds. The predicted molar refractivity (Wildman–Crippen MR) is 72.2 cm³/mol. The fraction of sp³-hybridized carbons (Fsp3) is 0.500. The summed E-state index contributed by atoms with van der Waals surface area (Å²) in [7, 11) is 0. The van der Waals surface area contributed by atoms with E-state index in [1.54, 1.807) is 12.1 Å². The number of halogens is 2. The van der Waals surface area contributed by atoms with Crippen LogP contribution in [0, 0.1) is 11.7 Å². The Morgan fingerprint density at radius 1 is 1.44 bits per heavy atom. The van der Waals surface area contributed by atoms with Crippen LogP contribution in [0.5, 0.6) is 0 Å². The molecular weight excluding hydrogens is 253 g/mol. The Hall–Kier alpha value is -1.09. The SMILES string of the molecule is CC(C)CC(Cl)CNC(=O)Cc1cccc(F)c1. The molecular formula is C14H19ClFNO. The fourth-order valence-corrected chi connectivity index (χ4v) is 2.15. The largest absolute Gasteiger partial charge is 0.354 e. The van der Waals surface area contributed by atoms with Gasteiger partial charge in [0.25, 0.3) is 0 Å². The van der Waals surface area contributed by atoms with Crippen molar-refractivity contribution in [3.8, 4) is 0 Å². The van der Waals surface area contributed by atoms with Gasteiger partial charge in [-0.2, -0.15) is 0 Å². The second-order valence-corrected chi connectivity index (χ2v) is 5.45. The molecule has 1 atom stereocenters. The molecule has 18 heavy (non-hydrogen) atoms. The molecule has 0 spiro atoms. The van der Waals surface area contributed by atoms with E-state index in [-0.39, 0.29) is 23.5 Å². The van der Waals surface area contributed by atoms with Gasteiger partial charge in [0.15, 0.2) is 0 Å². The number of alkyl halides is 1. The van der Waals surface area contributed by atoms with E-state index in [1.165, 1.54) is 12.1 Å². The van der Waals surface area contributed by atoms with Crippen LogP contribution in [0.25, 0.3) is 0 Å². The van der Waals surface area contributed by atoms with Crippen molar-refractivity contribution in [2.75, 3.05) is 6.54 Å². The number of benzene rings is 1. The highest BCUT2D eigenvalue weighted by Gasteiger charge is 2.10. The van der Waals surface area contributed by atoms with E-state index < -0.39 is 0 Å². The van der Waals surface area contributed by atoms with Gasteiger partial charge in [-0.25, -0.2) is 4.39 Å². The summed E-state index contributed by atoms with van der Waals surface area (Å²) in [4.78, 5) is 11.6. The van der Waals surface area contributed by atoms with Crippen LogP contribution < -0.4 is 5.32 Å². The van der Waals surface area contributed by atoms with Crippen LogP contribution in [-0.4, -0.2) is 17.8 Å². The standard InChI is InChI=1S/C14H19ClFNO/c1-10(2)6-12(15)9-17-14(18)8-11-4-3-5-13(16)7-11/h3-5,7,10,12H,6,8-9H2,1-2H3,(H,17,18). The predicted octanol–water partition coefficient (Wildman–Crippen LogP) is 3.14. The zero-order valence-electron chi connectivity index (χ0n) is 10.7. The molecule has 1 aromatic rings. The van der Waals surface area contributed by atoms with E-state index in [0.29, 0.717) is 18.0 Å². The van der Waals surface area contributed by atoms with E-state index in [0.717, 1.165) is 6.42 Å². The number of rotatable bonds is 6. The minimum atomic E-state index is -0.324. The summed E-state index contributed by atoms with van der Waals surface area (Å²) < 4.78 is 12.9. The Kier molecular flexibility index (Phi) is 6.13. The average molecular weight is 272 g/mol. The second-order valence-electron chi connectivity index (χ2n) is 4.84. The number of hydrogen-bond donors (Lipinski definition) is 1. The highest BCUT2D eigenvalue weighted by Crippen LogP contribution is 2.09. The minimum Gasteiger partial charge on any atom is -0.354 e. The van der Waals surface area contributed by atoms with E-state index in [2.05, 4.69) is 19.2 Å². The Balaban J connectivity index is 2.34. The van der Waals surface area contributed by atoms with Gasteiger partial charge in [0.1, 0.15) is 5.82 Å². The smallest absolute Gasteiger partial charge is 0.224 e. The number of nitrogens with one attached hydrogen (secondary N) is 1. The summed E-state index contributed by atoms with van der Waals surface area (Å²) >= 11 is 6.07. The monoisotopic (exact) mass is 271 g/mol. The van der Waals surface area contributed by atoms with Crippen LogP contribution in [0.4, 0.5) is 4.39 Å². The van der Waals surface area contributed by atoms with Crippen LogP contribution in [0.15, 0.2) is 24.3 Å². The van der Waals surface area contributed by atoms with Gasteiger partial charge in [-0.3, -0.25) is 4.79 Å². The Morgan fingerprint density at radius 2 is 2.17 bits per heavy atom. The first-order valence-corrected chi connectivity index (χ1v) is 6.56. The number of hydrogen-bond acceptors (Lipinski definition) is 1. The normalized spacial score (nSPS) is 12.5. The fourth-order valence-electron chi connectivity index (χ4n) is 1.71. The zero-order chi connectivity index (χ0) is 13.5. The van der Waals surface area contributed by atoms with Crippen molar-refractivity contribution in [2.24, 2.45) is 5.92 Å². The molecule has 0 aliphatic carbocycles. The summed E-state index contributed by atoms with van der Waals surface area (Å²) in [6.45, 7) is 4.63. The lowest BCUT2D eigenvalue weighted by Gasteiger charge is -2.13. The zero-order valence-corrected chi connectivity index (χ0v) is 11.5. The molecule has 2 nitrogen and oxygen atoms in total. The van der Waals surface area contributed by atoms with Crippen molar-refractivity contribution in [3.63, 3.8) is 0 Å². The summed E-state index contributed by atoms with van der Waals surface area (Å²) in [5.41, 5.74) is 0.669. The van der Waals surface area contributed by atoms with E-state index in [4.69, 9.17) is 11.6 Å². The maximum Gasteiger partial charge on any atom is 0.224 e. The van der Waals surface area contributed by atoms with Gasteiger partial charge in [0, 0.05) is 6.54 Å². The van der Waals surface area contributed by atoms with Crippen LogP contribution in [0.2, 0.25) is 0 Å². The first kappa shape index (κ1) is 15.0. The van der Waals surface area contributed by atoms with Gasteiger partial charge >= 0.3 is 0 Å². The van der Waals surface area contributed by atoms with Crippen LogP contribution in [0.3, 0.4) is 0 Å². The molecule has 0 aliphatic rings. The van der Waals surface area contributed by atoms with Crippen molar-refractivity contribution in [1.82, 2.24) is 5.32 Å². The number of carbonyl (C=O) groups excluding carboxylic acids is 1. The summed E-state index contributed by atoms with van der Waals surface area (Å²) in [6, 6.07) is 6.06. The molecule has 0 radical (unpaired) electrons. The van der Waals surface area contributed by atoms with Crippen molar-refractivity contribution in [1.29, 1.82) is 0 Å². The highest BCUT2D eigenvalue weighted by atomic mass is 35.5. The van der Waals surface area contributed by atoms with E-state index >= 15 is 0 Å². The van der Waals surface area contributed by atoms with Gasteiger partial charge < -0.3 is 5.32 Å². The van der Waals surface area contributed by atoms with Gasteiger partial charge in [-0.05, 0) is 30.0 Å². The molecule has 1 aromatic carbocycles. The number of carbonyl (C=O) groups is 1. The molecule has 4 heteroatoms. The molecule has 1 unspecified atom stereocenters. The first-order chi connectivity index (χ1) is 8.47. The molecule has 0 aliphatic heterocycles. The van der Waals surface area contributed by atoms with Crippen molar-refractivity contribution in [3.05, 3.63) is 35.6 Å². The first-order valence-electron chi connectivity index (χ1n) is 6.12. The maximum absolute atomic E-state index is 12.9. The van der Waals surface area contributed by atoms with Crippen LogP contribution in [-0.2, 0) is 11.2 Å². The molecule has 0 bridgehead atoms. The Morgan fingerprint density at radius 3 is 2.78 bits per heavy atom. The van der Waals surface area contributed by atoms with Gasteiger partial charge in [0.2, 0.25) is 5.91 Å². The Bertz CT molecular complexity index is 395. The molecule has 1 N–H and O–H groups in total.